The molecule has 1 aromatic carbocycles. The highest BCUT2D eigenvalue weighted by molar-refractivity contribution is 7.89. The Morgan fingerprint density at radius 2 is 1.95 bits per heavy atom. The lowest BCUT2D eigenvalue weighted by molar-refractivity contribution is 0.0947. The molecule has 0 spiro atoms. The van der Waals surface area contributed by atoms with Gasteiger partial charge in [0.1, 0.15) is 0 Å². The molecule has 0 fully saturated rings. The molecule has 0 aliphatic rings. The number of rotatable bonds is 6. The smallest absolute Gasteiger partial charge is 0.254 e. The summed E-state index contributed by atoms with van der Waals surface area (Å²) >= 11 is 0. The number of benzene rings is 1. The molecule has 1 amide bonds. The first-order valence-corrected chi connectivity index (χ1v) is 7.97. The van der Waals surface area contributed by atoms with Crippen molar-refractivity contribution in [2.45, 2.75) is 31.6 Å². The predicted octanol–water partition coefficient (Wildman–Crippen LogP) is 1.78. The first-order chi connectivity index (χ1) is 9.62. The van der Waals surface area contributed by atoms with E-state index >= 15 is 0 Å². The van der Waals surface area contributed by atoms with Crippen molar-refractivity contribution in [3.63, 3.8) is 0 Å². The fourth-order valence-electron chi connectivity index (χ4n) is 1.70. The number of nitrogens with two attached hydrogens (primary N) is 1. The number of sulfonamides is 1. The number of hydrogen-bond donors (Lipinski definition) is 2. The second-order valence-electron chi connectivity index (χ2n) is 5.10. The van der Waals surface area contributed by atoms with Crippen LogP contribution in [0.3, 0.4) is 0 Å². The molecule has 1 aromatic rings. The molecule has 21 heavy (non-hydrogen) atoms. The van der Waals surface area contributed by atoms with Gasteiger partial charge < -0.3 is 5.32 Å². The molecule has 0 saturated heterocycles. The maximum absolute atomic E-state index is 13.6. The zero-order valence-electron chi connectivity index (χ0n) is 11.8. The van der Waals surface area contributed by atoms with Gasteiger partial charge in [-0.25, -0.2) is 22.3 Å². The summed E-state index contributed by atoms with van der Waals surface area (Å²) in [6.07, 6.45) is 1.55. The quantitative estimate of drug-likeness (QED) is 0.783. The summed E-state index contributed by atoms with van der Waals surface area (Å²) in [5.74, 6) is -3.25. The predicted molar refractivity (Wildman–Crippen MR) is 74.1 cm³/mol. The Labute approximate surface area is 122 Å². The Balaban J connectivity index is 2.91. The van der Waals surface area contributed by atoms with Gasteiger partial charge in [-0.15, -0.1) is 0 Å². The van der Waals surface area contributed by atoms with Crippen molar-refractivity contribution in [2.75, 3.05) is 6.54 Å². The molecule has 0 heterocycles. The molecule has 0 aliphatic carbocycles. The van der Waals surface area contributed by atoms with Gasteiger partial charge in [-0.1, -0.05) is 13.8 Å². The molecular formula is C13H18F2N2O3S. The number of nitrogens with one attached hydrogen (secondary N) is 1. The first kappa shape index (κ1) is 17.5. The summed E-state index contributed by atoms with van der Waals surface area (Å²) in [6, 6.07) is 1.17. The summed E-state index contributed by atoms with van der Waals surface area (Å²) in [4.78, 5) is 11.1. The van der Waals surface area contributed by atoms with Crippen molar-refractivity contribution in [3.8, 4) is 0 Å². The lowest BCUT2D eigenvalue weighted by atomic mass is 10.1. The molecule has 0 saturated carbocycles. The van der Waals surface area contributed by atoms with Crippen LogP contribution in [0.25, 0.3) is 0 Å². The molecule has 0 radical (unpaired) electrons. The number of hydrogen-bond acceptors (Lipinski definition) is 3. The SMILES string of the molecule is CC(C)CCCNC(=O)c1cc(S(N)(=O)=O)cc(F)c1F. The van der Waals surface area contributed by atoms with Gasteiger partial charge in [0.2, 0.25) is 10.0 Å². The van der Waals surface area contributed by atoms with E-state index in [0.717, 1.165) is 12.5 Å². The average Bonchev–Trinajstić information content (AvgIpc) is 2.35. The van der Waals surface area contributed by atoms with E-state index in [0.29, 0.717) is 18.4 Å². The van der Waals surface area contributed by atoms with Gasteiger partial charge in [-0.3, -0.25) is 4.79 Å². The molecule has 118 valence electrons. The molecule has 8 heteroatoms. The third-order valence-electron chi connectivity index (χ3n) is 2.82. The van der Waals surface area contributed by atoms with Gasteiger partial charge in [0, 0.05) is 6.54 Å². The van der Waals surface area contributed by atoms with Gasteiger partial charge in [0.25, 0.3) is 5.91 Å². The van der Waals surface area contributed by atoms with Crippen LogP contribution in [0, 0.1) is 17.6 Å². The highest BCUT2D eigenvalue weighted by Crippen LogP contribution is 2.18. The topological polar surface area (TPSA) is 89.3 Å². The fourth-order valence-corrected chi connectivity index (χ4v) is 2.25. The molecule has 1 rings (SSSR count). The van der Waals surface area contributed by atoms with Crippen molar-refractivity contribution in [1.82, 2.24) is 5.32 Å². The summed E-state index contributed by atoms with van der Waals surface area (Å²) < 4.78 is 49.3. The number of primary sulfonamides is 1. The number of carbonyl (C=O) groups excluding carboxylic acids is 1. The average molecular weight is 320 g/mol. The highest BCUT2D eigenvalue weighted by Gasteiger charge is 2.20. The third kappa shape index (κ3) is 5.05. The maximum Gasteiger partial charge on any atom is 0.254 e. The van der Waals surface area contributed by atoms with Gasteiger partial charge in [0.05, 0.1) is 10.5 Å². The van der Waals surface area contributed by atoms with E-state index in [4.69, 9.17) is 5.14 Å². The molecule has 0 atom stereocenters. The summed E-state index contributed by atoms with van der Waals surface area (Å²) in [6.45, 7) is 4.33. The van der Waals surface area contributed by atoms with Crippen molar-refractivity contribution in [2.24, 2.45) is 11.1 Å². The van der Waals surface area contributed by atoms with E-state index in [9.17, 15) is 22.0 Å². The normalized spacial score (nSPS) is 11.7. The number of carbonyl (C=O) groups is 1. The molecule has 0 aliphatic heterocycles. The Morgan fingerprint density at radius 1 is 1.33 bits per heavy atom. The second kappa shape index (κ2) is 6.95. The van der Waals surface area contributed by atoms with Crippen LogP contribution in [0.1, 0.15) is 37.0 Å². The minimum absolute atomic E-state index is 0.289. The zero-order chi connectivity index (χ0) is 16.2. The standard InChI is InChI=1S/C13H18F2N2O3S/c1-8(2)4-3-5-17-13(18)10-6-9(21(16,19)20)7-11(14)12(10)15/h6-8H,3-5H2,1-2H3,(H,17,18)(H2,16,19,20). The summed E-state index contributed by atoms with van der Waals surface area (Å²) in [5.41, 5.74) is -0.677. The number of halogens is 2. The van der Waals surface area contributed by atoms with Crippen LogP contribution in [-0.2, 0) is 10.0 Å². The van der Waals surface area contributed by atoms with Crippen LogP contribution in [0.4, 0.5) is 8.78 Å². The van der Waals surface area contributed by atoms with Crippen LogP contribution in [-0.4, -0.2) is 20.9 Å². The van der Waals surface area contributed by atoms with Crippen LogP contribution >= 0.6 is 0 Å². The Bertz CT molecular complexity index is 631. The van der Waals surface area contributed by atoms with E-state index in [1.807, 2.05) is 13.8 Å². The molecular weight excluding hydrogens is 302 g/mol. The van der Waals surface area contributed by atoms with E-state index in [2.05, 4.69) is 5.32 Å². The van der Waals surface area contributed by atoms with Gasteiger partial charge in [0.15, 0.2) is 11.6 Å². The molecule has 5 nitrogen and oxygen atoms in total. The maximum atomic E-state index is 13.6. The van der Waals surface area contributed by atoms with E-state index in [1.54, 1.807) is 0 Å². The Morgan fingerprint density at radius 3 is 2.48 bits per heavy atom. The summed E-state index contributed by atoms with van der Waals surface area (Å²) in [5, 5.41) is 7.27. The van der Waals surface area contributed by atoms with Gasteiger partial charge >= 0.3 is 0 Å². The minimum Gasteiger partial charge on any atom is -0.352 e. The van der Waals surface area contributed by atoms with Gasteiger partial charge in [-0.05, 0) is 30.9 Å². The zero-order valence-corrected chi connectivity index (χ0v) is 12.6. The summed E-state index contributed by atoms with van der Waals surface area (Å²) in [7, 11) is -4.22. The minimum atomic E-state index is -4.22. The first-order valence-electron chi connectivity index (χ1n) is 6.43. The molecule has 3 N–H and O–H groups in total. The lowest BCUT2D eigenvalue weighted by Crippen LogP contribution is -2.26. The largest absolute Gasteiger partial charge is 0.352 e. The van der Waals surface area contributed by atoms with Crippen LogP contribution in [0.15, 0.2) is 17.0 Å². The van der Waals surface area contributed by atoms with Crippen molar-refractivity contribution < 1.29 is 22.0 Å². The van der Waals surface area contributed by atoms with Gasteiger partial charge in [-0.2, -0.15) is 0 Å². The molecule has 0 bridgehead atoms. The highest BCUT2D eigenvalue weighted by atomic mass is 32.2. The van der Waals surface area contributed by atoms with Crippen molar-refractivity contribution >= 4 is 15.9 Å². The molecule has 0 aromatic heterocycles. The Kier molecular flexibility index (Phi) is 5.79. The lowest BCUT2D eigenvalue weighted by Gasteiger charge is -2.09. The Hall–Kier alpha value is -1.54. The number of amides is 1. The van der Waals surface area contributed by atoms with E-state index < -0.39 is 38.0 Å². The van der Waals surface area contributed by atoms with Crippen molar-refractivity contribution in [3.05, 3.63) is 29.3 Å². The fraction of sp³-hybridized carbons (Fsp3) is 0.462. The van der Waals surface area contributed by atoms with E-state index in [1.165, 1.54) is 0 Å². The molecule has 0 unspecified atom stereocenters. The second-order valence-corrected chi connectivity index (χ2v) is 6.67. The van der Waals surface area contributed by atoms with Crippen molar-refractivity contribution in [1.29, 1.82) is 0 Å². The van der Waals surface area contributed by atoms with Crippen LogP contribution in [0.2, 0.25) is 0 Å². The van der Waals surface area contributed by atoms with Crippen LogP contribution in [0.5, 0.6) is 0 Å². The van der Waals surface area contributed by atoms with Crippen LogP contribution < -0.4 is 10.5 Å². The monoisotopic (exact) mass is 320 g/mol. The third-order valence-corrected chi connectivity index (χ3v) is 3.71. The van der Waals surface area contributed by atoms with E-state index in [-0.39, 0.29) is 6.54 Å².